The van der Waals surface area contributed by atoms with Crippen molar-refractivity contribution in [2.75, 3.05) is 0 Å². The van der Waals surface area contributed by atoms with Crippen LogP contribution in [0.3, 0.4) is 0 Å². The van der Waals surface area contributed by atoms with Crippen molar-refractivity contribution in [3.05, 3.63) is 63.4 Å². The van der Waals surface area contributed by atoms with Crippen LogP contribution in [-0.2, 0) is 24.7 Å². The van der Waals surface area contributed by atoms with Gasteiger partial charge in [0, 0.05) is 43.5 Å². The molecule has 150 valence electrons. The maximum absolute atomic E-state index is 12.7. The first-order chi connectivity index (χ1) is 13.8. The second-order valence-electron chi connectivity index (χ2n) is 6.67. The Kier molecular flexibility index (Phi) is 6.52. The Morgan fingerprint density at radius 3 is 2.72 bits per heavy atom. The van der Waals surface area contributed by atoms with Crippen molar-refractivity contribution >= 4 is 28.5 Å². The lowest BCUT2D eigenvalue weighted by atomic mass is 9.79. The van der Waals surface area contributed by atoms with Crippen molar-refractivity contribution in [2.45, 2.75) is 32.9 Å². The van der Waals surface area contributed by atoms with E-state index < -0.39 is 7.12 Å². The second kappa shape index (κ2) is 8.90. The summed E-state index contributed by atoms with van der Waals surface area (Å²) < 4.78 is 22.1. The molecule has 1 aliphatic heterocycles. The minimum atomic E-state index is -0.893. The summed E-state index contributed by atoms with van der Waals surface area (Å²) in [5.41, 5.74) is 3.89. The van der Waals surface area contributed by atoms with Gasteiger partial charge in [-0.2, -0.15) is 15.5 Å². The molecule has 3 aromatic rings. The number of nitriles is 1. The zero-order chi connectivity index (χ0) is 21.1. The zero-order valence-electron chi connectivity index (χ0n) is 16.3. The van der Waals surface area contributed by atoms with Crippen LogP contribution >= 0.6 is 15.9 Å². The molecule has 0 bridgehead atoms. The number of nitrogens with zero attached hydrogens (tertiary/aromatic N) is 5. The summed E-state index contributed by atoms with van der Waals surface area (Å²) >= 11 is 3.40. The largest absolute Gasteiger partial charge is 0.491 e. The Bertz CT molecular complexity index is 1060. The van der Waals surface area contributed by atoms with Crippen molar-refractivity contribution in [2.24, 2.45) is 7.05 Å². The van der Waals surface area contributed by atoms with Gasteiger partial charge in [0.05, 0.1) is 6.10 Å². The molecule has 0 amide bonds. The van der Waals surface area contributed by atoms with Gasteiger partial charge >= 0.3 is 7.12 Å². The minimum Gasteiger partial charge on any atom is -0.423 e. The SMILES string of the molecule is CCn1cc(Cc2cn(C)nc2Br)c(C#N)n1.C[C@H]1OB(O)c2ccc(F)cc21. The summed E-state index contributed by atoms with van der Waals surface area (Å²) in [6, 6.07) is 6.40. The first-order valence-corrected chi connectivity index (χ1v) is 9.89. The second-order valence-corrected chi connectivity index (χ2v) is 7.42. The summed E-state index contributed by atoms with van der Waals surface area (Å²) in [4.78, 5) is 0. The average Bonchev–Trinajstić information content (AvgIpc) is 3.32. The molecule has 7 nitrogen and oxygen atoms in total. The third-order valence-electron chi connectivity index (χ3n) is 4.59. The number of halogens is 2. The number of aromatic nitrogens is 4. The Balaban J connectivity index is 0.000000176. The van der Waals surface area contributed by atoms with E-state index in [-0.39, 0.29) is 11.9 Å². The standard InChI is InChI=1S/C11H12BrN5.C8H8BFO2/c1-3-17-7-8(10(5-13)14-17)4-9-6-16(2)15-11(9)12;1-5-7-4-6(10)2-3-8(7)9(11)12-5/h6-7H,3-4H2,1-2H3;2-5,11H,1H3/t;5-/m.1/s1. The van der Waals surface area contributed by atoms with E-state index in [1.807, 2.05) is 26.4 Å². The van der Waals surface area contributed by atoms with E-state index in [1.54, 1.807) is 22.4 Å². The van der Waals surface area contributed by atoms with Crippen molar-refractivity contribution in [1.82, 2.24) is 19.6 Å². The average molecular weight is 460 g/mol. The highest BCUT2D eigenvalue weighted by molar-refractivity contribution is 9.10. The fraction of sp³-hybridized carbons (Fsp3) is 0.316. The van der Waals surface area contributed by atoms with E-state index in [1.165, 1.54) is 12.1 Å². The summed E-state index contributed by atoms with van der Waals surface area (Å²) in [6.45, 7) is 4.55. The van der Waals surface area contributed by atoms with Gasteiger partial charge in [-0.05, 0) is 52.9 Å². The van der Waals surface area contributed by atoms with Crippen LogP contribution < -0.4 is 5.46 Å². The Morgan fingerprint density at radius 1 is 1.34 bits per heavy atom. The molecule has 0 fully saturated rings. The maximum atomic E-state index is 12.7. The summed E-state index contributed by atoms with van der Waals surface area (Å²) in [7, 11) is 0.977. The predicted octanol–water partition coefficient (Wildman–Crippen LogP) is 2.47. The molecule has 0 radical (unpaired) electrons. The van der Waals surface area contributed by atoms with Gasteiger partial charge in [0.1, 0.15) is 16.5 Å². The molecule has 0 unspecified atom stereocenters. The minimum absolute atomic E-state index is 0.217. The highest BCUT2D eigenvalue weighted by Crippen LogP contribution is 2.23. The topological polar surface area (TPSA) is 88.9 Å². The van der Waals surface area contributed by atoms with E-state index in [9.17, 15) is 9.41 Å². The molecule has 1 aromatic carbocycles. The molecule has 3 heterocycles. The molecule has 0 aliphatic carbocycles. The lowest BCUT2D eigenvalue weighted by Gasteiger charge is -2.02. The molecule has 1 N–H and O–H groups in total. The lowest BCUT2D eigenvalue weighted by molar-refractivity contribution is 0.208. The van der Waals surface area contributed by atoms with Gasteiger partial charge in [-0.3, -0.25) is 9.36 Å². The van der Waals surface area contributed by atoms with Crippen LogP contribution in [0.5, 0.6) is 0 Å². The van der Waals surface area contributed by atoms with E-state index in [2.05, 4.69) is 32.2 Å². The molecule has 2 aromatic heterocycles. The molecular weight excluding hydrogens is 440 g/mol. The van der Waals surface area contributed by atoms with Gasteiger partial charge in [-0.25, -0.2) is 4.39 Å². The Morgan fingerprint density at radius 2 is 2.10 bits per heavy atom. The fourth-order valence-electron chi connectivity index (χ4n) is 3.14. The van der Waals surface area contributed by atoms with Crippen LogP contribution in [0, 0.1) is 17.1 Å². The maximum Gasteiger partial charge on any atom is 0.491 e. The first-order valence-electron chi connectivity index (χ1n) is 9.09. The van der Waals surface area contributed by atoms with Gasteiger partial charge in [0.25, 0.3) is 0 Å². The molecule has 1 aliphatic rings. The number of rotatable bonds is 3. The van der Waals surface area contributed by atoms with Gasteiger partial charge in [-0.15, -0.1) is 0 Å². The number of benzene rings is 1. The number of hydrogen-bond donors (Lipinski definition) is 1. The van der Waals surface area contributed by atoms with Crippen molar-refractivity contribution in [3.8, 4) is 6.07 Å². The van der Waals surface area contributed by atoms with Crippen LogP contribution in [0.1, 0.15) is 42.3 Å². The van der Waals surface area contributed by atoms with Gasteiger partial charge < -0.3 is 9.68 Å². The van der Waals surface area contributed by atoms with Crippen molar-refractivity contribution in [3.63, 3.8) is 0 Å². The van der Waals surface area contributed by atoms with Crippen LogP contribution in [0.4, 0.5) is 4.39 Å². The highest BCUT2D eigenvalue weighted by atomic mass is 79.9. The quantitative estimate of drug-likeness (QED) is 0.607. The molecule has 0 spiro atoms. The van der Waals surface area contributed by atoms with Crippen molar-refractivity contribution < 1.29 is 14.1 Å². The van der Waals surface area contributed by atoms with Crippen LogP contribution in [0.15, 0.2) is 35.2 Å². The van der Waals surface area contributed by atoms with Crippen LogP contribution in [-0.4, -0.2) is 31.7 Å². The van der Waals surface area contributed by atoms with Gasteiger partial charge in [0.15, 0.2) is 5.69 Å². The summed E-state index contributed by atoms with van der Waals surface area (Å²) in [6.07, 6.45) is 4.30. The Hall–Kier alpha value is -2.48. The van der Waals surface area contributed by atoms with E-state index in [4.69, 9.17) is 9.92 Å². The Labute approximate surface area is 177 Å². The normalized spacial score (nSPS) is 14.9. The van der Waals surface area contributed by atoms with E-state index in [0.29, 0.717) is 17.6 Å². The highest BCUT2D eigenvalue weighted by Gasteiger charge is 2.32. The third kappa shape index (κ3) is 4.75. The smallest absolute Gasteiger partial charge is 0.423 e. The zero-order valence-corrected chi connectivity index (χ0v) is 17.9. The fourth-order valence-corrected chi connectivity index (χ4v) is 3.64. The number of fused-ring (bicyclic) bond motifs is 1. The molecule has 1 atom stereocenters. The van der Waals surface area contributed by atoms with Crippen molar-refractivity contribution in [1.29, 1.82) is 5.26 Å². The van der Waals surface area contributed by atoms with Crippen LogP contribution in [0.25, 0.3) is 0 Å². The van der Waals surface area contributed by atoms with Crippen LogP contribution in [0.2, 0.25) is 0 Å². The molecule has 0 saturated carbocycles. The van der Waals surface area contributed by atoms with E-state index in [0.717, 1.165) is 27.8 Å². The van der Waals surface area contributed by atoms with E-state index >= 15 is 0 Å². The first kappa shape index (κ1) is 21.2. The summed E-state index contributed by atoms with van der Waals surface area (Å²) in [5.74, 6) is -0.293. The molecule has 4 rings (SSSR count). The number of aryl methyl sites for hydroxylation is 2. The molecule has 0 saturated heterocycles. The number of hydrogen-bond acceptors (Lipinski definition) is 5. The third-order valence-corrected chi connectivity index (χ3v) is 5.26. The summed E-state index contributed by atoms with van der Waals surface area (Å²) in [5, 5.41) is 26.7. The monoisotopic (exact) mass is 459 g/mol. The van der Waals surface area contributed by atoms with Gasteiger partial charge in [0.2, 0.25) is 0 Å². The molecule has 10 heteroatoms. The van der Waals surface area contributed by atoms with Gasteiger partial charge in [-0.1, -0.05) is 6.07 Å². The predicted molar refractivity (Wildman–Crippen MR) is 110 cm³/mol. The molecular formula is C19H20BBrFN5O2. The lowest BCUT2D eigenvalue weighted by Crippen LogP contribution is -2.27. The molecule has 29 heavy (non-hydrogen) atoms.